The zero-order chi connectivity index (χ0) is 16.5. The van der Waals surface area contributed by atoms with Crippen molar-refractivity contribution in [3.05, 3.63) is 59.7 Å². The lowest BCUT2D eigenvalue weighted by Gasteiger charge is -2.08. The van der Waals surface area contributed by atoms with Crippen LogP contribution in [0.5, 0.6) is 0 Å². The second-order valence-corrected chi connectivity index (χ2v) is 5.60. The Morgan fingerprint density at radius 3 is 2.18 bits per heavy atom. The zero-order valence-corrected chi connectivity index (χ0v) is 13.4. The number of benzene rings is 2. The van der Waals surface area contributed by atoms with E-state index in [9.17, 15) is 4.79 Å². The van der Waals surface area contributed by atoms with Crippen molar-refractivity contribution >= 4 is 17.3 Å². The molecule has 0 unspecified atom stereocenters. The molecule has 0 aromatic heterocycles. The Morgan fingerprint density at radius 1 is 1.00 bits per heavy atom. The van der Waals surface area contributed by atoms with Crippen molar-refractivity contribution in [2.24, 2.45) is 5.92 Å². The number of nitrogen functional groups attached to an aromatic ring is 2. The lowest BCUT2D eigenvalue weighted by Crippen LogP contribution is -2.09. The summed E-state index contributed by atoms with van der Waals surface area (Å²) >= 11 is 0. The fourth-order valence-electron chi connectivity index (χ4n) is 1.56. The van der Waals surface area contributed by atoms with E-state index in [1.807, 2.05) is 30.3 Å². The van der Waals surface area contributed by atoms with Crippen molar-refractivity contribution in [2.75, 3.05) is 11.5 Å². The third-order valence-corrected chi connectivity index (χ3v) is 2.57. The van der Waals surface area contributed by atoms with Gasteiger partial charge in [0, 0.05) is 0 Å². The van der Waals surface area contributed by atoms with Gasteiger partial charge in [-0.2, -0.15) is 0 Å². The summed E-state index contributed by atoms with van der Waals surface area (Å²) in [5.41, 5.74) is 13.2. The maximum absolute atomic E-state index is 11.8. The van der Waals surface area contributed by atoms with Gasteiger partial charge in [0.25, 0.3) is 0 Å². The molecule has 0 saturated carbocycles. The second kappa shape index (κ2) is 8.72. The van der Waals surface area contributed by atoms with Gasteiger partial charge in [0.2, 0.25) is 0 Å². The van der Waals surface area contributed by atoms with Gasteiger partial charge in [-0.3, -0.25) is 0 Å². The molecule has 118 valence electrons. The first-order chi connectivity index (χ1) is 10.4. The van der Waals surface area contributed by atoms with E-state index in [0.29, 0.717) is 11.3 Å². The van der Waals surface area contributed by atoms with Crippen molar-refractivity contribution in [3.63, 3.8) is 0 Å². The van der Waals surface area contributed by atoms with Gasteiger partial charge in [0.1, 0.15) is 6.61 Å². The minimum Gasteiger partial charge on any atom is -0.457 e. The number of ether oxygens (including phenoxy) is 1. The highest BCUT2D eigenvalue weighted by Crippen LogP contribution is 2.20. The topological polar surface area (TPSA) is 78.3 Å². The third kappa shape index (κ3) is 5.87. The van der Waals surface area contributed by atoms with Crippen LogP contribution in [0.2, 0.25) is 0 Å². The van der Waals surface area contributed by atoms with Gasteiger partial charge in [0.15, 0.2) is 0 Å². The van der Waals surface area contributed by atoms with Gasteiger partial charge in [-0.25, -0.2) is 4.79 Å². The van der Waals surface area contributed by atoms with Crippen molar-refractivity contribution < 1.29 is 9.53 Å². The molecule has 0 radical (unpaired) electrons. The van der Waals surface area contributed by atoms with Crippen LogP contribution in [0.3, 0.4) is 0 Å². The Kier molecular flexibility index (Phi) is 6.96. The number of carbonyl (C=O) groups is 1. The molecule has 22 heavy (non-hydrogen) atoms. The highest BCUT2D eigenvalue weighted by Gasteiger charge is 2.12. The monoisotopic (exact) mass is 300 g/mol. The number of nitrogens with two attached hydrogens (primary N) is 2. The largest absolute Gasteiger partial charge is 0.457 e. The van der Waals surface area contributed by atoms with Crippen molar-refractivity contribution in [2.45, 2.75) is 27.4 Å². The predicted octanol–water partition coefficient (Wildman–Crippen LogP) is 3.87. The molecule has 0 atom stereocenters. The summed E-state index contributed by atoms with van der Waals surface area (Å²) in [7, 11) is 0. The lowest BCUT2D eigenvalue weighted by molar-refractivity contribution is 0.0474. The molecule has 0 fully saturated rings. The average molecular weight is 300 g/mol. The summed E-state index contributed by atoms with van der Waals surface area (Å²) in [5.74, 6) is 0.364. The normalized spacial score (nSPS) is 9.82. The molecule has 0 amide bonds. The SMILES string of the molecule is CC(C)C.Nc1cccc(C(=O)OCc2ccccc2)c1N. The fourth-order valence-corrected chi connectivity index (χ4v) is 1.56. The molecule has 0 bridgehead atoms. The maximum Gasteiger partial charge on any atom is 0.340 e. The molecule has 0 aliphatic carbocycles. The Labute approximate surface area is 132 Å². The first-order valence-corrected chi connectivity index (χ1v) is 7.26. The van der Waals surface area contributed by atoms with Crippen molar-refractivity contribution in [3.8, 4) is 0 Å². The number of rotatable bonds is 3. The number of anilines is 2. The average Bonchev–Trinajstić information content (AvgIpc) is 2.48. The van der Waals surface area contributed by atoms with Crippen LogP contribution < -0.4 is 11.5 Å². The molecule has 0 aliphatic rings. The van der Waals surface area contributed by atoms with Crippen LogP contribution in [0.15, 0.2) is 48.5 Å². The van der Waals surface area contributed by atoms with Crippen LogP contribution in [0.1, 0.15) is 36.7 Å². The van der Waals surface area contributed by atoms with E-state index in [-0.39, 0.29) is 12.3 Å². The minimum atomic E-state index is -0.469. The smallest absolute Gasteiger partial charge is 0.340 e. The van der Waals surface area contributed by atoms with Gasteiger partial charge >= 0.3 is 5.97 Å². The van der Waals surface area contributed by atoms with E-state index in [1.165, 1.54) is 0 Å². The maximum atomic E-state index is 11.8. The Morgan fingerprint density at radius 2 is 1.59 bits per heavy atom. The molecule has 4 nitrogen and oxygen atoms in total. The Hall–Kier alpha value is -2.49. The van der Waals surface area contributed by atoms with Gasteiger partial charge in [-0.15, -0.1) is 0 Å². The second-order valence-electron chi connectivity index (χ2n) is 5.60. The minimum absolute atomic E-state index is 0.216. The third-order valence-electron chi connectivity index (χ3n) is 2.57. The molecule has 0 heterocycles. The van der Waals surface area contributed by atoms with Gasteiger partial charge < -0.3 is 16.2 Å². The fraction of sp³-hybridized carbons (Fsp3) is 0.278. The van der Waals surface area contributed by atoms with Gasteiger partial charge in [-0.05, 0) is 23.6 Å². The predicted molar refractivity (Wildman–Crippen MR) is 91.3 cm³/mol. The molecule has 0 aliphatic heterocycles. The number of esters is 1. The number of hydrogen-bond donors (Lipinski definition) is 2. The molecule has 2 aromatic carbocycles. The van der Waals surface area contributed by atoms with E-state index in [2.05, 4.69) is 20.8 Å². The van der Waals surface area contributed by atoms with Gasteiger partial charge in [-0.1, -0.05) is 57.2 Å². The zero-order valence-electron chi connectivity index (χ0n) is 13.4. The van der Waals surface area contributed by atoms with E-state index in [0.717, 1.165) is 11.5 Å². The highest BCUT2D eigenvalue weighted by atomic mass is 16.5. The van der Waals surface area contributed by atoms with Crippen LogP contribution in [-0.2, 0) is 11.3 Å². The summed E-state index contributed by atoms with van der Waals surface area (Å²) in [6.07, 6.45) is 0. The van der Waals surface area contributed by atoms with Crippen LogP contribution >= 0.6 is 0 Å². The summed E-state index contributed by atoms with van der Waals surface area (Å²) in [4.78, 5) is 11.8. The molecular weight excluding hydrogens is 276 g/mol. The molecule has 4 N–H and O–H groups in total. The summed E-state index contributed by atoms with van der Waals surface area (Å²) in [5, 5.41) is 0. The summed E-state index contributed by atoms with van der Waals surface area (Å²) in [6.45, 7) is 6.72. The van der Waals surface area contributed by atoms with Gasteiger partial charge in [0.05, 0.1) is 16.9 Å². The van der Waals surface area contributed by atoms with Crippen LogP contribution in [0.25, 0.3) is 0 Å². The quantitative estimate of drug-likeness (QED) is 0.666. The van der Waals surface area contributed by atoms with E-state index in [4.69, 9.17) is 16.2 Å². The molecular formula is C18H24N2O2. The Bertz CT molecular complexity index is 593. The number of carbonyl (C=O) groups excluding carboxylic acids is 1. The standard InChI is InChI=1S/C14H14N2O2.C4H10/c15-12-8-4-7-11(13(12)16)14(17)18-9-10-5-2-1-3-6-10;1-4(2)3/h1-8H,9,15-16H2;4H,1-3H3. The van der Waals surface area contributed by atoms with E-state index < -0.39 is 5.97 Å². The first kappa shape index (κ1) is 17.6. The van der Waals surface area contributed by atoms with E-state index >= 15 is 0 Å². The van der Waals surface area contributed by atoms with Crippen LogP contribution in [0.4, 0.5) is 11.4 Å². The summed E-state index contributed by atoms with van der Waals surface area (Å²) < 4.78 is 5.18. The van der Waals surface area contributed by atoms with E-state index in [1.54, 1.807) is 18.2 Å². The number of para-hydroxylation sites is 1. The van der Waals surface area contributed by atoms with Crippen LogP contribution in [0, 0.1) is 5.92 Å². The lowest BCUT2D eigenvalue weighted by atomic mass is 10.1. The first-order valence-electron chi connectivity index (χ1n) is 7.26. The molecule has 0 spiro atoms. The molecule has 2 aromatic rings. The number of hydrogen-bond acceptors (Lipinski definition) is 4. The highest BCUT2D eigenvalue weighted by molar-refractivity contribution is 5.97. The van der Waals surface area contributed by atoms with Crippen LogP contribution in [-0.4, -0.2) is 5.97 Å². The van der Waals surface area contributed by atoms with Crippen molar-refractivity contribution in [1.82, 2.24) is 0 Å². The van der Waals surface area contributed by atoms with Crippen molar-refractivity contribution in [1.29, 1.82) is 0 Å². The molecule has 2 rings (SSSR count). The molecule has 4 heteroatoms. The molecule has 0 saturated heterocycles. The summed E-state index contributed by atoms with van der Waals surface area (Å²) in [6, 6.07) is 14.4. The Balaban J connectivity index is 0.000000541.